The average molecular weight is 424 g/mol. The molecule has 6 heteroatoms. The number of rotatable bonds is 9. The van der Waals surface area contributed by atoms with Gasteiger partial charge in [-0.1, -0.05) is 50.1 Å². The lowest BCUT2D eigenvalue weighted by atomic mass is 9.94. The molecule has 1 unspecified atom stereocenters. The van der Waals surface area contributed by atoms with E-state index in [-0.39, 0.29) is 11.3 Å². The third kappa shape index (κ3) is 4.58. The monoisotopic (exact) mass is 423 g/mol. The van der Waals surface area contributed by atoms with Gasteiger partial charge in [-0.3, -0.25) is 9.59 Å². The highest BCUT2D eigenvalue weighted by atomic mass is 16.5. The molecule has 1 amide bonds. The Morgan fingerprint density at radius 1 is 1.06 bits per heavy atom. The van der Waals surface area contributed by atoms with Crippen LogP contribution in [0.15, 0.2) is 54.1 Å². The van der Waals surface area contributed by atoms with Gasteiger partial charge in [0.25, 0.3) is 11.7 Å². The van der Waals surface area contributed by atoms with Gasteiger partial charge in [-0.2, -0.15) is 0 Å². The molecule has 2 aromatic carbocycles. The van der Waals surface area contributed by atoms with Crippen LogP contribution in [-0.4, -0.2) is 42.0 Å². The fourth-order valence-electron chi connectivity index (χ4n) is 3.91. The maximum absolute atomic E-state index is 13.1. The predicted octanol–water partition coefficient (Wildman–Crippen LogP) is 4.71. The number of hydrogen-bond donors (Lipinski definition) is 1. The van der Waals surface area contributed by atoms with Crippen molar-refractivity contribution in [2.45, 2.75) is 39.2 Å². The van der Waals surface area contributed by atoms with Gasteiger partial charge >= 0.3 is 0 Å². The second-order valence-corrected chi connectivity index (χ2v) is 7.40. The summed E-state index contributed by atoms with van der Waals surface area (Å²) in [6.45, 7) is 4.86. The molecular weight excluding hydrogens is 394 g/mol. The van der Waals surface area contributed by atoms with Gasteiger partial charge < -0.3 is 19.5 Å². The Kier molecular flexibility index (Phi) is 7.34. The van der Waals surface area contributed by atoms with Crippen molar-refractivity contribution in [3.63, 3.8) is 0 Å². The Morgan fingerprint density at radius 2 is 1.84 bits per heavy atom. The maximum atomic E-state index is 13.1. The number of Topliss-reactive ketones (excluding diaryl/α,β-unsaturated/α-hetero) is 1. The van der Waals surface area contributed by atoms with Gasteiger partial charge in [0.05, 0.1) is 25.3 Å². The molecule has 2 aromatic rings. The predicted molar refractivity (Wildman–Crippen MR) is 119 cm³/mol. The summed E-state index contributed by atoms with van der Waals surface area (Å²) in [4.78, 5) is 27.6. The zero-order valence-electron chi connectivity index (χ0n) is 18.3. The van der Waals surface area contributed by atoms with Gasteiger partial charge in [-0.15, -0.1) is 0 Å². The Morgan fingerprint density at radius 3 is 2.55 bits per heavy atom. The van der Waals surface area contributed by atoms with E-state index in [9.17, 15) is 14.7 Å². The van der Waals surface area contributed by atoms with Crippen molar-refractivity contribution in [2.75, 3.05) is 20.3 Å². The summed E-state index contributed by atoms with van der Waals surface area (Å²) in [5.41, 5.74) is 1.17. The number of carbonyl (C=O) groups is 2. The van der Waals surface area contributed by atoms with E-state index in [1.54, 1.807) is 42.3 Å². The Hall–Kier alpha value is -3.28. The summed E-state index contributed by atoms with van der Waals surface area (Å²) in [5, 5.41) is 11.2. The molecule has 0 bridgehead atoms. The molecule has 164 valence electrons. The van der Waals surface area contributed by atoms with Gasteiger partial charge in [-0.05, 0) is 31.5 Å². The molecule has 1 saturated heterocycles. The molecule has 0 aliphatic carbocycles. The Balaban J connectivity index is 2.15. The van der Waals surface area contributed by atoms with Crippen LogP contribution in [-0.2, 0) is 9.59 Å². The number of unbranched alkanes of at least 4 members (excludes halogenated alkanes) is 2. The number of ketones is 1. The zero-order chi connectivity index (χ0) is 22.4. The number of nitrogens with zero attached hydrogens (tertiary/aromatic N) is 1. The first-order chi connectivity index (χ1) is 15.0. The van der Waals surface area contributed by atoms with Gasteiger partial charge in [0.15, 0.2) is 0 Å². The van der Waals surface area contributed by atoms with Crippen LogP contribution in [0.4, 0.5) is 0 Å². The summed E-state index contributed by atoms with van der Waals surface area (Å²) in [7, 11) is 1.55. The van der Waals surface area contributed by atoms with Crippen molar-refractivity contribution in [3.8, 4) is 11.5 Å². The second-order valence-electron chi connectivity index (χ2n) is 7.40. The summed E-state index contributed by atoms with van der Waals surface area (Å²) in [6, 6.07) is 13.4. The number of aliphatic hydroxyl groups is 1. The fourth-order valence-corrected chi connectivity index (χ4v) is 3.91. The minimum Gasteiger partial charge on any atom is -0.507 e. The van der Waals surface area contributed by atoms with E-state index in [1.807, 2.05) is 25.1 Å². The molecule has 1 N–H and O–H groups in total. The molecule has 0 aromatic heterocycles. The number of aliphatic hydroxyl groups excluding tert-OH is 1. The first-order valence-electron chi connectivity index (χ1n) is 10.7. The molecule has 1 aliphatic rings. The van der Waals surface area contributed by atoms with E-state index in [0.717, 1.165) is 19.3 Å². The van der Waals surface area contributed by atoms with Gasteiger partial charge in [0.1, 0.15) is 17.3 Å². The summed E-state index contributed by atoms with van der Waals surface area (Å²) in [5.74, 6) is -0.364. The van der Waals surface area contributed by atoms with Gasteiger partial charge in [-0.25, -0.2) is 0 Å². The highest BCUT2D eigenvalue weighted by Crippen LogP contribution is 2.42. The average Bonchev–Trinajstić information content (AvgIpc) is 3.04. The standard InChI is InChI=1S/C25H29NO5/c1-4-6-9-15-26-22(19-13-7-8-14-20(19)30-3)21(24(28)25(26)29)23(27)17-11-10-12-18(16-17)31-5-2/h7-8,10-14,16,22,27H,4-6,9,15H2,1-3H3/b23-21-. The Labute approximate surface area is 183 Å². The van der Waals surface area contributed by atoms with E-state index in [4.69, 9.17) is 9.47 Å². The molecule has 0 radical (unpaired) electrons. The number of benzene rings is 2. The van der Waals surface area contributed by atoms with Crippen LogP contribution < -0.4 is 9.47 Å². The second kappa shape index (κ2) is 10.2. The number of methoxy groups -OCH3 is 1. The zero-order valence-corrected chi connectivity index (χ0v) is 18.3. The first-order valence-corrected chi connectivity index (χ1v) is 10.7. The third-order valence-electron chi connectivity index (χ3n) is 5.39. The minimum atomic E-state index is -0.719. The number of carbonyl (C=O) groups excluding carboxylic acids is 2. The van der Waals surface area contributed by atoms with Crippen molar-refractivity contribution < 1.29 is 24.2 Å². The van der Waals surface area contributed by atoms with Crippen LogP contribution in [0, 0.1) is 0 Å². The van der Waals surface area contributed by atoms with Crippen molar-refractivity contribution in [2.24, 2.45) is 0 Å². The smallest absolute Gasteiger partial charge is 0.295 e. The number of ether oxygens (including phenoxy) is 2. The summed E-state index contributed by atoms with van der Waals surface area (Å²) >= 11 is 0. The number of amides is 1. The third-order valence-corrected chi connectivity index (χ3v) is 5.39. The number of hydrogen-bond acceptors (Lipinski definition) is 5. The van der Waals surface area contributed by atoms with Crippen molar-refractivity contribution in [1.29, 1.82) is 0 Å². The molecule has 0 saturated carbocycles. The highest BCUT2D eigenvalue weighted by Gasteiger charge is 2.46. The molecule has 1 heterocycles. The quantitative estimate of drug-likeness (QED) is 0.274. The van der Waals surface area contributed by atoms with Crippen LogP contribution in [0.3, 0.4) is 0 Å². The van der Waals surface area contributed by atoms with E-state index in [1.165, 1.54) is 0 Å². The van der Waals surface area contributed by atoms with E-state index < -0.39 is 17.7 Å². The normalized spacial score (nSPS) is 17.8. The van der Waals surface area contributed by atoms with E-state index >= 15 is 0 Å². The largest absolute Gasteiger partial charge is 0.507 e. The molecule has 1 fully saturated rings. The minimum absolute atomic E-state index is 0.0691. The van der Waals surface area contributed by atoms with Crippen LogP contribution in [0.25, 0.3) is 5.76 Å². The number of para-hydroxylation sites is 1. The molecule has 3 rings (SSSR count). The van der Waals surface area contributed by atoms with E-state index in [2.05, 4.69) is 6.92 Å². The van der Waals surface area contributed by atoms with Crippen molar-refractivity contribution in [1.82, 2.24) is 4.90 Å². The molecular formula is C25H29NO5. The Bertz CT molecular complexity index is 981. The van der Waals surface area contributed by atoms with Gasteiger partial charge in [0.2, 0.25) is 0 Å². The highest BCUT2D eigenvalue weighted by molar-refractivity contribution is 6.46. The van der Waals surface area contributed by atoms with Crippen molar-refractivity contribution >= 4 is 17.4 Å². The summed E-state index contributed by atoms with van der Waals surface area (Å²) in [6.07, 6.45) is 2.71. The van der Waals surface area contributed by atoms with Crippen molar-refractivity contribution in [3.05, 3.63) is 65.2 Å². The molecule has 6 nitrogen and oxygen atoms in total. The topological polar surface area (TPSA) is 76.1 Å². The van der Waals surface area contributed by atoms with Crippen LogP contribution in [0.1, 0.15) is 50.3 Å². The lowest BCUT2D eigenvalue weighted by Crippen LogP contribution is -2.30. The van der Waals surface area contributed by atoms with Crippen LogP contribution in [0.5, 0.6) is 11.5 Å². The molecule has 0 spiro atoms. The summed E-state index contributed by atoms with van der Waals surface area (Å²) < 4.78 is 11.0. The lowest BCUT2D eigenvalue weighted by Gasteiger charge is -2.26. The molecule has 1 atom stereocenters. The van der Waals surface area contributed by atoms with Crippen LogP contribution >= 0.6 is 0 Å². The van der Waals surface area contributed by atoms with Crippen LogP contribution in [0.2, 0.25) is 0 Å². The number of likely N-dealkylation sites (tertiary alicyclic amines) is 1. The van der Waals surface area contributed by atoms with Gasteiger partial charge in [0, 0.05) is 17.7 Å². The van der Waals surface area contributed by atoms with E-state index in [0.29, 0.717) is 35.8 Å². The maximum Gasteiger partial charge on any atom is 0.295 e. The lowest BCUT2D eigenvalue weighted by molar-refractivity contribution is -0.139. The SMILES string of the molecule is CCCCCN1C(=O)C(=O)/C(=C(\O)c2cccc(OCC)c2)C1c1ccccc1OC. The first kappa shape index (κ1) is 22.4. The fraction of sp³-hybridized carbons (Fsp3) is 0.360. The molecule has 31 heavy (non-hydrogen) atoms. The molecule has 1 aliphatic heterocycles.